The lowest BCUT2D eigenvalue weighted by molar-refractivity contribution is 0.100. The van der Waals surface area contributed by atoms with E-state index in [1.165, 1.54) is 18.4 Å². The summed E-state index contributed by atoms with van der Waals surface area (Å²) >= 11 is 0. The molecule has 1 aromatic rings. The topological polar surface area (TPSA) is 58.4 Å². The summed E-state index contributed by atoms with van der Waals surface area (Å²) < 4.78 is 0. The summed E-state index contributed by atoms with van der Waals surface area (Å²) in [5, 5.41) is 3.26. The van der Waals surface area contributed by atoms with Crippen molar-refractivity contribution in [1.82, 2.24) is 10.2 Å². The molecule has 0 aliphatic carbocycles. The molecule has 4 nitrogen and oxygen atoms in total. The molecule has 0 unspecified atom stereocenters. The second-order valence-electron chi connectivity index (χ2n) is 5.34. The van der Waals surface area contributed by atoms with E-state index < -0.39 is 0 Å². The van der Waals surface area contributed by atoms with Gasteiger partial charge >= 0.3 is 0 Å². The zero-order chi connectivity index (χ0) is 13.7. The first-order chi connectivity index (χ1) is 9.19. The lowest BCUT2D eigenvalue weighted by Gasteiger charge is -2.31. The lowest BCUT2D eigenvalue weighted by atomic mass is 9.96. The van der Waals surface area contributed by atoms with Crippen molar-refractivity contribution >= 4 is 5.91 Å². The quantitative estimate of drug-likeness (QED) is 0.838. The van der Waals surface area contributed by atoms with Gasteiger partial charge in [-0.25, -0.2) is 0 Å². The van der Waals surface area contributed by atoms with Crippen LogP contribution >= 0.6 is 0 Å². The molecule has 1 aromatic carbocycles. The third kappa shape index (κ3) is 4.04. The molecule has 2 rings (SSSR count). The van der Waals surface area contributed by atoms with E-state index in [4.69, 9.17) is 5.73 Å². The summed E-state index contributed by atoms with van der Waals surface area (Å²) in [6.45, 7) is 4.40. The Bertz CT molecular complexity index is 408. The van der Waals surface area contributed by atoms with Gasteiger partial charge in [0.15, 0.2) is 0 Å². The summed E-state index contributed by atoms with van der Waals surface area (Å²) in [6.07, 6.45) is 2.53. The molecule has 1 fully saturated rings. The first-order valence-electron chi connectivity index (χ1n) is 6.94. The molecular weight excluding hydrogens is 238 g/mol. The molecule has 1 heterocycles. The van der Waals surface area contributed by atoms with Crippen LogP contribution in [0.4, 0.5) is 0 Å². The minimum Gasteiger partial charge on any atom is -0.366 e. The predicted molar refractivity (Wildman–Crippen MR) is 76.9 cm³/mol. The third-order valence-corrected chi connectivity index (χ3v) is 3.84. The molecule has 0 spiro atoms. The molecule has 0 atom stereocenters. The van der Waals surface area contributed by atoms with Gasteiger partial charge in [-0.3, -0.25) is 9.69 Å². The first-order valence-corrected chi connectivity index (χ1v) is 6.94. The number of nitrogens with one attached hydrogen (secondary N) is 1. The molecule has 0 bridgehead atoms. The van der Waals surface area contributed by atoms with E-state index in [2.05, 4.69) is 10.2 Å². The number of primary amides is 1. The lowest BCUT2D eigenvalue weighted by Crippen LogP contribution is -2.36. The Morgan fingerprint density at radius 1 is 1.32 bits per heavy atom. The zero-order valence-corrected chi connectivity index (χ0v) is 11.6. The Morgan fingerprint density at radius 2 is 1.95 bits per heavy atom. The van der Waals surface area contributed by atoms with Crippen LogP contribution in [-0.2, 0) is 6.54 Å². The highest BCUT2D eigenvalue weighted by molar-refractivity contribution is 5.92. The molecule has 104 valence electrons. The van der Waals surface area contributed by atoms with E-state index in [0.717, 1.165) is 32.1 Å². The third-order valence-electron chi connectivity index (χ3n) is 3.84. The average Bonchev–Trinajstić information content (AvgIpc) is 2.42. The number of piperidine rings is 1. The van der Waals surface area contributed by atoms with E-state index in [1.54, 1.807) is 0 Å². The molecule has 0 saturated carbocycles. The zero-order valence-electron chi connectivity index (χ0n) is 11.6. The minimum atomic E-state index is -0.362. The highest BCUT2D eigenvalue weighted by Gasteiger charge is 2.18. The summed E-state index contributed by atoms with van der Waals surface area (Å²) in [5.74, 6) is 0.456. The van der Waals surface area contributed by atoms with Crippen LogP contribution in [0.3, 0.4) is 0 Å². The molecule has 3 N–H and O–H groups in total. The Labute approximate surface area is 115 Å². The number of amides is 1. The fraction of sp³-hybridized carbons (Fsp3) is 0.533. The van der Waals surface area contributed by atoms with Gasteiger partial charge in [-0.2, -0.15) is 0 Å². The molecule has 4 heteroatoms. The number of likely N-dealkylation sites (tertiary alicyclic amines) is 1. The Kier molecular flexibility index (Phi) is 4.93. The highest BCUT2D eigenvalue weighted by Crippen LogP contribution is 2.18. The van der Waals surface area contributed by atoms with E-state index in [9.17, 15) is 4.79 Å². The number of rotatable bonds is 5. The smallest absolute Gasteiger partial charge is 0.248 e. The van der Waals surface area contributed by atoms with Crippen LogP contribution in [0.15, 0.2) is 24.3 Å². The first kappa shape index (κ1) is 14.0. The number of carbonyl (C=O) groups is 1. The van der Waals surface area contributed by atoms with Gasteiger partial charge in [0.1, 0.15) is 0 Å². The standard InChI is InChI=1S/C15H23N3O/c1-17-10-12-6-8-18(9-7-12)11-13-2-4-14(5-3-13)15(16)19/h2-5,12,17H,6-11H2,1H3,(H2,16,19). The van der Waals surface area contributed by atoms with Gasteiger partial charge in [-0.15, -0.1) is 0 Å². The molecule has 1 aliphatic heterocycles. The van der Waals surface area contributed by atoms with Crippen LogP contribution < -0.4 is 11.1 Å². The molecule has 1 amide bonds. The molecule has 0 aromatic heterocycles. The van der Waals surface area contributed by atoms with Crippen LogP contribution in [0, 0.1) is 5.92 Å². The fourth-order valence-corrected chi connectivity index (χ4v) is 2.67. The van der Waals surface area contributed by atoms with Crippen molar-refractivity contribution in [3.05, 3.63) is 35.4 Å². The van der Waals surface area contributed by atoms with Crippen molar-refractivity contribution in [3.8, 4) is 0 Å². The molecular formula is C15H23N3O. The van der Waals surface area contributed by atoms with Crippen molar-refractivity contribution in [2.75, 3.05) is 26.7 Å². The van der Waals surface area contributed by atoms with Gasteiger partial charge in [0.05, 0.1) is 0 Å². The van der Waals surface area contributed by atoms with Crippen molar-refractivity contribution < 1.29 is 4.79 Å². The van der Waals surface area contributed by atoms with Gasteiger partial charge in [-0.05, 0) is 63.1 Å². The van der Waals surface area contributed by atoms with E-state index in [1.807, 2.05) is 31.3 Å². The number of nitrogens with two attached hydrogens (primary N) is 1. The summed E-state index contributed by atoms with van der Waals surface area (Å²) in [7, 11) is 2.02. The van der Waals surface area contributed by atoms with Gasteiger partial charge in [0.2, 0.25) is 5.91 Å². The second-order valence-corrected chi connectivity index (χ2v) is 5.34. The normalized spacial score (nSPS) is 17.5. The van der Waals surface area contributed by atoms with Crippen LogP contribution in [0.25, 0.3) is 0 Å². The van der Waals surface area contributed by atoms with Gasteiger partial charge in [-0.1, -0.05) is 12.1 Å². The largest absolute Gasteiger partial charge is 0.366 e. The van der Waals surface area contributed by atoms with Crippen LogP contribution in [0.1, 0.15) is 28.8 Å². The molecule has 1 saturated heterocycles. The average molecular weight is 261 g/mol. The SMILES string of the molecule is CNCC1CCN(Cc2ccc(C(N)=O)cc2)CC1. The van der Waals surface area contributed by atoms with E-state index >= 15 is 0 Å². The van der Waals surface area contributed by atoms with E-state index in [-0.39, 0.29) is 5.91 Å². The van der Waals surface area contributed by atoms with Gasteiger partial charge < -0.3 is 11.1 Å². The second kappa shape index (κ2) is 6.68. The monoisotopic (exact) mass is 261 g/mol. The van der Waals surface area contributed by atoms with Crippen LogP contribution in [-0.4, -0.2) is 37.5 Å². The van der Waals surface area contributed by atoms with Crippen molar-refractivity contribution in [3.63, 3.8) is 0 Å². The summed E-state index contributed by atoms with van der Waals surface area (Å²) in [4.78, 5) is 13.5. The Morgan fingerprint density at radius 3 is 2.47 bits per heavy atom. The highest BCUT2D eigenvalue weighted by atomic mass is 16.1. The maximum atomic E-state index is 11.0. The van der Waals surface area contributed by atoms with Crippen LogP contribution in [0.5, 0.6) is 0 Å². The van der Waals surface area contributed by atoms with Gasteiger partial charge in [0, 0.05) is 12.1 Å². The van der Waals surface area contributed by atoms with Crippen LogP contribution in [0.2, 0.25) is 0 Å². The fourth-order valence-electron chi connectivity index (χ4n) is 2.67. The maximum Gasteiger partial charge on any atom is 0.248 e. The number of benzene rings is 1. The Balaban J connectivity index is 1.83. The number of carbonyl (C=O) groups excluding carboxylic acids is 1. The molecule has 19 heavy (non-hydrogen) atoms. The van der Waals surface area contributed by atoms with Gasteiger partial charge in [0.25, 0.3) is 0 Å². The number of hydrogen-bond acceptors (Lipinski definition) is 3. The predicted octanol–water partition coefficient (Wildman–Crippen LogP) is 1.22. The van der Waals surface area contributed by atoms with Crippen molar-refractivity contribution in [1.29, 1.82) is 0 Å². The van der Waals surface area contributed by atoms with Crippen molar-refractivity contribution in [2.24, 2.45) is 11.7 Å². The Hall–Kier alpha value is -1.39. The number of hydrogen-bond donors (Lipinski definition) is 2. The minimum absolute atomic E-state index is 0.362. The van der Waals surface area contributed by atoms with Crippen molar-refractivity contribution in [2.45, 2.75) is 19.4 Å². The maximum absolute atomic E-state index is 11.0. The summed E-state index contributed by atoms with van der Waals surface area (Å²) in [5.41, 5.74) is 7.06. The number of nitrogens with zero attached hydrogens (tertiary/aromatic N) is 1. The summed E-state index contributed by atoms with van der Waals surface area (Å²) in [6, 6.07) is 7.62. The molecule has 0 radical (unpaired) electrons. The molecule has 1 aliphatic rings. The van der Waals surface area contributed by atoms with E-state index in [0.29, 0.717) is 5.56 Å².